The number of nitrogens with one attached hydrogen (secondary N) is 2. The van der Waals surface area contributed by atoms with Gasteiger partial charge in [-0.1, -0.05) is 0 Å². The molecule has 6 atom stereocenters. The molecule has 0 bridgehead atoms. The molecule has 0 heterocycles. The van der Waals surface area contributed by atoms with Crippen molar-refractivity contribution in [2.24, 2.45) is 29.4 Å². The number of rotatable bonds is 7. The van der Waals surface area contributed by atoms with Crippen LogP contribution in [0.2, 0.25) is 0 Å². The van der Waals surface area contributed by atoms with E-state index in [4.69, 9.17) is 5.73 Å². The van der Waals surface area contributed by atoms with Crippen LogP contribution in [0.1, 0.15) is 27.9 Å². The number of nitrogens with two attached hydrogens (primary N) is 1. The summed E-state index contributed by atoms with van der Waals surface area (Å²) in [5, 5.41) is 28.6. The summed E-state index contributed by atoms with van der Waals surface area (Å²) >= 11 is 0. The van der Waals surface area contributed by atoms with Gasteiger partial charge >= 0.3 is 6.03 Å². The highest BCUT2D eigenvalue weighted by Gasteiger charge is 2.69. The van der Waals surface area contributed by atoms with Crippen molar-refractivity contribution in [1.29, 1.82) is 0 Å². The third-order valence-corrected chi connectivity index (χ3v) is 9.68. The van der Waals surface area contributed by atoms with E-state index in [1.165, 1.54) is 19.0 Å². The second kappa shape index (κ2) is 12.1. The molecular formula is C33H40N6O8. The van der Waals surface area contributed by atoms with E-state index < -0.39 is 76.1 Å². The molecule has 250 valence electrons. The van der Waals surface area contributed by atoms with E-state index in [0.717, 1.165) is 5.69 Å². The van der Waals surface area contributed by atoms with Gasteiger partial charge in [0.15, 0.2) is 34.7 Å². The molecule has 5 rings (SSSR count). The highest BCUT2D eigenvalue weighted by Crippen LogP contribution is 2.52. The Bertz CT molecular complexity index is 1690. The van der Waals surface area contributed by atoms with Crippen molar-refractivity contribution in [2.45, 2.75) is 31.0 Å². The van der Waals surface area contributed by atoms with Crippen molar-refractivity contribution < 1.29 is 39.0 Å². The Labute approximate surface area is 271 Å². The molecule has 2 aromatic rings. The molecule has 0 saturated heterocycles. The lowest BCUT2D eigenvalue weighted by atomic mass is 9.52. The third-order valence-electron chi connectivity index (χ3n) is 9.68. The predicted octanol–water partition coefficient (Wildman–Crippen LogP) is 0.321. The minimum absolute atomic E-state index is 0.0451. The number of likely N-dealkylation sites (N-methyl/N-ethyl adjacent to an activating group) is 1. The SMILES string of the molecule is CN(C)c1ccc(NC(=O)NCc2cc(N(C)C)c3c(c2O)C(=O)C2C(=O)[C@]4(O)C(=O)C(C(N)=O)C(=O)[C@@H](N(C)C)[C@@H]4C[C@@H]2C3)cc1. The van der Waals surface area contributed by atoms with Crippen molar-refractivity contribution >= 4 is 52.1 Å². The van der Waals surface area contributed by atoms with Crippen molar-refractivity contribution in [3.05, 3.63) is 47.0 Å². The molecule has 0 aliphatic heterocycles. The van der Waals surface area contributed by atoms with E-state index in [1.54, 1.807) is 37.2 Å². The summed E-state index contributed by atoms with van der Waals surface area (Å²) in [6.45, 7) is -0.172. The van der Waals surface area contributed by atoms with Crippen molar-refractivity contribution in [1.82, 2.24) is 10.2 Å². The summed E-state index contributed by atoms with van der Waals surface area (Å²) < 4.78 is 0. The first-order chi connectivity index (χ1) is 22.0. The molecule has 0 aromatic heterocycles. The van der Waals surface area contributed by atoms with Crippen LogP contribution in [0, 0.1) is 23.7 Å². The van der Waals surface area contributed by atoms with Crippen molar-refractivity contribution in [3.8, 4) is 5.75 Å². The van der Waals surface area contributed by atoms with Crippen molar-refractivity contribution in [3.63, 3.8) is 0 Å². The maximum atomic E-state index is 14.2. The number of aromatic hydroxyl groups is 1. The maximum Gasteiger partial charge on any atom is 0.319 e. The number of phenols is 1. The molecule has 2 unspecified atom stereocenters. The molecule has 3 amide bonds. The predicted molar refractivity (Wildman–Crippen MR) is 172 cm³/mol. The van der Waals surface area contributed by atoms with Gasteiger partial charge in [-0.25, -0.2) is 4.79 Å². The lowest BCUT2D eigenvalue weighted by Crippen LogP contribution is -2.74. The number of benzene rings is 2. The van der Waals surface area contributed by atoms with Crippen LogP contribution in [0.4, 0.5) is 21.9 Å². The van der Waals surface area contributed by atoms with Gasteiger partial charge in [-0.3, -0.25) is 28.9 Å². The van der Waals surface area contributed by atoms with Gasteiger partial charge in [0.25, 0.3) is 0 Å². The lowest BCUT2D eigenvalue weighted by Gasteiger charge is -2.52. The molecule has 2 fully saturated rings. The van der Waals surface area contributed by atoms with E-state index in [9.17, 15) is 39.0 Å². The Morgan fingerprint density at radius 1 is 0.979 bits per heavy atom. The van der Waals surface area contributed by atoms with Crippen LogP contribution in [-0.2, 0) is 32.1 Å². The fourth-order valence-corrected chi connectivity index (χ4v) is 7.43. The molecular weight excluding hydrogens is 608 g/mol. The average Bonchev–Trinajstić information content (AvgIpc) is 2.98. The largest absolute Gasteiger partial charge is 0.507 e. The minimum atomic E-state index is -2.81. The number of amides is 3. The van der Waals surface area contributed by atoms with Crippen LogP contribution in [0.15, 0.2) is 30.3 Å². The molecule has 47 heavy (non-hydrogen) atoms. The van der Waals surface area contributed by atoms with Crippen LogP contribution in [0.5, 0.6) is 5.75 Å². The van der Waals surface area contributed by atoms with Gasteiger partial charge in [0.2, 0.25) is 5.91 Å². The monoisotopic (exact) mass is 648 g/mol. The first-order valence-corrected chi connectivity index (χ1v) is 15.2. The van der Waals surface area contributed by atoms with Crippen LogP contribution >= 0.6 is 0 Å². The first kappa shape index (κ1) is 33.5. The number of ketones is 4. The van der Waals surface area contributed by atoms with Gasteiger partial charge in [0, 0.05) is 63.3 Å². The van der Waals surface area contributed by atoms with Crippen LogP contribution in [-0.4, -0.2) is 104 Å². The zero-order valence-electron chi connectivity index (χ0n) is 27.2. The number of hydrogen-bond acceptors (Lipinski definition) is 11. The van der Waals surface area contributed by atoms with Gasteiger partial charge in [0.1, 0.15) is 5.75 Å². The number of carbonyl (C=O) groups excluding carboxylic acids is 6. The lowest BCUT2D eigenvalue weighted by molar-refractivity contribution is -0.181. The van der Waals surface area contributed by atoms with E-state index in [1.807, 2.05) is 31.1 Å². The Balaban J connectivity index is 1.48. The molecule has 0 spiro atoms. The first-order valence-electron chi connectivity index (χ1n) is 15.2. The standard InChI is InChI=1S/C33H40N6O8/c1-37(2)18-9-7-17(8-10-18)36-32(46)35-14-16-13-21(38(3)4)19-11-15-12-20-25(39(5)6)28(42)24(31(34)45)30(44)33(20,47)29(43)22(15)27(41)23(19)26(16)40/h7-10,13,15,20,22,24-25,40,47H,11-12,14H2,1-6H3,(H2,34,45)(H2,35,36,46)/t15-,20-,22?,24?,25-,33-/m0/s1. The fourth-order valence-electron chi connectivity index (χ4n) is 7.43. The number of fused-ring (bicyclic) bond motifs is 3. The Morgan fingerprint density at radius 3 is 2.17 bits per heavy atom. The summed E-state index contributed by atoms with van der Waals surface area (Å²) in [5.41, 5.74) is 5.18. The topological polar surface area (TPSA) is 203 Å². The summed E-state index contributed by atoms with van der Waals surface area (Å²) in [4.78, 5) is 85.2. The van der Waals surface area contributed by atoms with Gasteiger partial charge in [0.05, 0.1) is 17.5 Å². The average molecular weight is 649 g/mol. The summed E-state index contributed by atoms with van der Waals surface area (Å²) in [7, 11) is 10.4. The minimum Gasteiger partial charge on any atom is -0.507 e. The second-order valence-corrected chi connectivity index (χ2v) is 13.2. The van der Waals surface area contributed by atoms with Gasteiger partial charge < -0.3 is 36.4 Å². The highest BCUT2D eigenvalue weighted by molar-refractivity contribution is 6.32. The Hall–Kier alpha value is -4.82. The van der Waals surface area contributed by atoms with E-state index in [-0.39, 0.29) is 30.5 Å². The number of phenolic OH excluding ortho intramolecular Hbond substituents is 1. The van der Waals surface area contributed by atoms with Crippen LogP contribution in [0.25, 0.3) is 0 Å². The Morgan fingerprint density at radius 2 is 1.62 bits per heavy atom. The number of hydrogen-bond donors (Lipinski definition) is 5. The quantitative estimate of drug-likeness (QED) is 0.259. The van der Waals surface area contributed by atoms with Gasteiger partial charge in [-0.15, -0.1) is 0 Å². The summed E-state index contributed by atoms with van der Waals surface area (Å²) in [5.74, 6) is -11.2. The molecule has 14 heteroatoms. The van der Waals surface area contributed by atoms with E-state index in [0.29, 0.717) is 16.9 Å². The van der Waals surface area contributed by atoms with E-state index >= 15 is 0 Å². The number of Topliss-reactive ketones (excluding diaryl/α,β-unsaturated/α-hetero) is 4. The van der Waals surface area contributed by atoms with Crippen molar-refractivity contribution in [2.75, 3.05) is 57.4 Å². The number of carbonyl (C=O) groups is 6. The number of primary amides is 1. The molecule has 6 N–H and O–H groups in total. The third kappa shape index (κ3) is 5.40. The molecule has 2 saturated carbocycles. The number of urea groups is 1. The smallest absolute Gasteiger partial charge is 0.319 e. The normalized spacial score (nSPS) is 26.7. The highest BCUT2D eigenvalue weighted by atomic mass is 16.3. The number of aliphatic hydroxyl groups is 1. The fraction of sp³-hybridized carbons (Fsp3) is 0.455. The molecule has 2 aromatic carbocycles. The molecule has 3 aliphatic rings. The summed E-state index contributed by atoms with van der Waals surface area (Å²) in [6, 6.07) is 7.08. The van der Waals surface area contributed by atoms with Crippen LogP contribution < -0.4 is 26.2 Å². The number of nitrogens with zero attached hydrogens (tertiary/aromatic N) is 3. The summed E-state index contributed by atoms with van der Waals surface area (Å²) in [6.07, 6.45) is 0.0839. The zero-order chi connectivity index (χ0) is 34.7. The molecule has 0 radical (unpaired) electrons. The van der Waals surface area contributed by atoms with E-state index in [2.05, 4.69) is 10.6 Å². The number of anilines is 3. The molecule has 14 nitrogen and oxygen atoms in total. The molecule has 3 aliphatic carbocycles. The van der Waals surface area contributed by atoms with Crippen LogP contribution in [0.3, 0.4) is 0 Å². The van der Waals surface area contributed by atoms with Gasteiger partial charge in [-0.05, 0) is 68.8 Å². The maximum absolute atomic E-state index is 14.2. The second-order valence-electron chi connectivity index (χ2n) is 13.2. The Kier molecular flexibility index (Phi) is 8.62. The zero-order valence-corrected chi connectivity index (χ0v) is 27.2. The van der Waals surface area contributed by atoms with Gasteiger partial charge in [-0.2, -0.15) is 0 Å².